The smallest absolute Gasteiger partial charge is 0.394 e. The van der Waals surface area contributed by atoms with Crippen LogP contribution in [0.15, 0.2) is 24.3 Å². The standard InChI is InChI=1S/C12H19NO.H2O4S/c1-9(13)10-5-7-11(8-6-10)14-12(2,3)4;1-5(2,3)4/h5-9H,13H2,1-4H3;(H2,1,2,3,4). The monoisotopic (exact) mass is 291 g/mol. The van der Waals surface area contributed by atoms with Crippen molar-refractivity contribution < 1.29 is 22.3 Å². The maximum atomic E-state index is 8.74. The lowest BCUT2D eigenvalue weighted by atomic mass is 10.1. The first-order valence-electron chi connectivity index (χ1n) is 5.63. The third kappa shape index (κ3) is 11.7. The molecule has 0 amide bonds. The summed E-state index contributed by atoms with van der Waals surface area (Å²) >= 11 is 0. The van der Waals surface area contributed by atoms with Crippen molar-refractivity contribution in [3.8, 4) is 5.75 Å². The van der Waals surface area contributed by atoms with Crippen LogP contribution in [0.3, 0.4) is 0 Å². The van der Waals surface area contributed by atoms with E-state index in [0.29, 0.717) is 0 Å². The summed E-state index contributed by atoms with van der Waals surface area (Å²) in [6, 6.07) is 8.02. The van der Waals surface area contributed by atoms with E-state index in [1.807, 2.05) is 52.0 Å². The number of hydrogen-bond donors (Lipinski definition) is 3. The fourth-order valence-electron chi connectivity index (χ4n) is 1.19. The van der Waals surface area contributed by atoms with Gasteiger partial charge in [-0.05, 0) is 45.4 Å². The second-order valence-corrected chi connectivity index (χ2v) is 5.92. The lowest BCUT2D eigenvalue weighted by Crippen LogP contribution is -2.22. The van der Waals surface area contributed by atoms with Crippen molar-refractivity contribution in [2.24, 2.45) is 5.73 Å². The summed E-state index contributed by atoms with van der Waals surface area (Å²) in [7, 11) is -4.67. The number of nitrogens with two attached hydrogens (primary N) is 1. The van der Waals surface area contributed by atoms with Gasteiger partial charge >= 0.3 is 10.4 Å². The van der Waals surface area contributed by atoms with E-state index in [-0.39, 0.29) is 11.6 Å². The molecule has 1 atom stereocenters. The van der Waals surface area contributed by atoms with Gasteiger partial charge in [-0.1, -0.05) is 12.1 Å². The Bertz CT molecular complexity index is 466. The zero-order valence-corrected chi connectivity index (χ0v) is 12.3. The molecule has 0 spiro atoms. The highest BCUT2D eigenvalue weighted by Crippen LogP contribution is 2.20. The van der Waals surface area contributed by atoms with E-state index >= 15 is 0 Å². The Morgan fingerprint density at radius 3 is 1.79 bits per heavy atom. The molecule has 1 aromatic carbocycles. The Morgan fingerprint density at radius 2 is 1.53 bits per heavy atom. The van der Waals surface area contributed by atoms with Crippen molar-refractivity contribution in [2.75, 3.05) is 0 Å². The molecule has 4 N–H and O–H groups in total. The lowest BCUT2D eigenvalue weighted by Gasteiger charge is -2.21. The Morgan fingerprint density at radius 1 is 1.16 bits per heavy atom. The molecular weight excluding hydrogens is 270 g/mol. The van der Waals surface area contributed by atoms with Crippen molar-refractivity contribution in [3.63, 3.8) is 0 Å². The van der Waals surface area contributed by atoms with Gasteiger partial charge < -0.3 is 10.5 Å². The molecule has 0 fully saturated rings. The average Bonchev–Trinajstić information content (AvgIpc) is 2.12. The van der Waals surface area contributed by atoms with E-state index in [2.05, 4.69) is 0 Å². The van der Waals surface area contributed by atoms with E-state index in [9.17, 15) is 0 Å². The molecule has 6 nitrogen and oxygen atoms in total. The van der Waals surface area contributed by atoms with Crippen LogP contribution in [0.5, 0.6) is 5.75 Å². The molecule has 1 aromatic rings. The van der Waals surface area contributed by atoms with Crippen molar-refractivity contribution in [2.45, 2.75) is 39.3 Å². The van der Waals surface area contributed by atoms with Crippen LogP contribution in [0.1, 0.15) is 39.3 Å². The summed E-state index contributed by atoms with van der Waals surface area (Å²) in [5.41, 5.74) is 6.74. The van der Waals surface area contributed by atoms with E-state index in [1.165, 1.54) is 0 Å². The quantitative estimate of drug-likeness (QED) is 0.721. The fourth-order valence-corrected chi connectivity index (χ4v) is 1.19. The Kier molecular flexibility index (Phi) is 6.44. The number of hydrogen-bond acceptors (Lipinski definition) is 4. The van der Waals surface area contributed by atoms with Gasteiger partial charge in [0.05, 0.1) is 0 Å². The summed E-state index contributed by atoms with van der Waals surface area (Å²) in [5.74, 6) is 0.891. The minimum Gasteiger partial charge on any atom is -0.488 e. The van der Waals surface area contributed by atoms with Gasteiger partial charge in [-0.3, -0.25) is 9.11 Å². The minimum absolute atomic E-state index is 0.0821. The maximum Gasteiger partial charge on any atom is 0.394 e. The average molecular weight is 291 g/mol. The molecule has 0 bridgehead atoms. The van der Waals surface area contributed by atoms with Gasteiger partial charge in [0.15, 0.2) is 0 Å². The summed E-state index contributed by atoms with van der Waals surface area (Å²) in [6.45, 7) is 8.07. The lowest BCUT2D eigenvalue weighted by molar-refractivity contribution is 0.131. The number of ether oxygens (including phenoxy) is 1. The second kappa shape index (κ2) is 6.85. The van der Waals surface area contributed by atoms with Gasteiger partial charge in [0, 0.05) is 6.04 Å². The third-order valence-corrected chi connectivity index (χ3v) is 1.83. The van der Waals surface area contributed by atoms with Crippen LogP contribution >= 0.6 is 0 Å². The van der Waals surface area contributed by atoms with Crippen molar-refractivity contribution >= 4 is 10.4 Å². The second-order valence-electron chi connectivity index (χ2n) is 5.02. The molecule has 1 rings (SSSR count). The molecule has 0 aliphatic heterocycles. The normalized spacial score (nSPS) is 13.2. The van der Waals surface area contributed by atoms with Crippen LogP contribution in [-0.4, -0.2) is 23.1 Å². The van der Waals surface area contributed by atoms with Crippen molar-refractivity contribution in [3.05, 3.63) is 29.8 Å². The highest BCUT2D eigenvalue weighted by molar-refractivity contribution is 7.79. The number of benzene rings is 1. The van der Waals surface area contributed by atoms with Crippen LogP contribution in [-0.2, 0) is 10.4 Å². The van der Waals surface area contributed by atoms with Crippen LogP contribution in [0.25, 0.3) is 0 Å². The van der Waals surface area contributed by atoms with Crippen LogP contribution < -0.4 is 10.5 Å². The molecule has 0 aliphatic carbocycles. The van der Waals surface area contributed by atoms with Crippen LogP contribution in [0.2, 0.25) is 0 Å². The largest absolute Gasteiger partial charge is 0.488 e. The first kappa shape index (κ1) is 17.8. The Balaban J connectivity index is 0.000000555. The molecule has 7 heteroatoms. The van der Waals surface area contributed by atoms with Gasteiger partial charge in [0.25, 0.3) is 0 Å². The van der Waals surface area contributed by atoms with Gasteiger partial charge in [-0.25, -0.2) is 0 Å². The zero-order chi connectivity index (χ0) is 15.3. The van der Waals surface area contributed by atoms with Gasteiger partial charge in [0.2, 0.25) is 0 Å². The molecule has 0 aromatic heterocycles. The molecule has 0 saturated carbocycles. The number of rotatable bonds is 2. The first-order valence-corrected chi connectivity index (χ1v) is 7.02. The fraction of sp³-hybridized carbons (Fsp3) is 0.500. The topological polar surface area (TPSA) is 110 Å². The molecule has 0 radical (unpaired) electrons. The minimum atomic E-state index is -4.67. The molecular formula is C12H21NO5S. The van der Waals surface area contributed by atoms with Gasteiger partial charge in [-0.15, -0.1) is 0 Å². The van der Waals surface area contributed by atoms with Crippen LogP contribution in [0, 0.1) is 0 Å². The molecule has 0 aliphatic rings. The van der Waals surface area contributed by atoms with E-state index in [0.717, 1.165) is 11.3 Å². The molecule has 110 valence electrons. The SMILES string of the molecule is CC(N)c1ccc(OC(C)(C)C)cc1.O=S(=O)(O)O. The maximum absolute atomic E-state index is 8.74. The summed E-state index contributed by atoms with van der Waals surface area (Å²) in [4.78, 5) is 0. The zero-order valence-electron chi connectivity index (χ0n) is 11.5. The summed E-state index contributed by atoms with van der Waals surface area (Å²) in [6.07, 6.45) is 0. The van der Waals surface area contributed by atoms with Crippen molar-refractivity contribution in [1.29, 1.82) is 0 Å². The van der Waals surface area contributed by atoms with Crippen molar-refractivity contribution in [1.82, 2.24) is 0 Å². The van der Waals surface area contributed by atoms with E-state index in [4.69, 9.17) is 28.0 Å². The predicted octanol–water partition coefficient (Wildman–Crippen LogP) is 2.23. The molecule has 0 saturated heterocycles. The van der Waals surface area contributed by atoms with Gasteiger partial charge in [0.1, 0.15) is 11.4 Å². The Hall–Kier alpha value is -1.15. The molecule has 1 unspecified atom stereocenters. The predicted molar refractivity (Wildman–Crippen MR) is 73.6 cm³/mol. The molecule has 0 heterocycles. The highest BCUT2D eigenvalue weighted by Gasteiger charge is 2.11. The summed E-state index contributed by atoms with van der Waals surface area (Å²) in [5, 5.41) is 0. The molecule has 19 heavy (non-hydrogen) atoms. The third-order valence-electron chi connectivity index (χ3n) is 1.83. The summed E-state index contributed by atoms with van der Waals surface area (Å²) < 4.78 is 37.3. The Labute approximate surface area is 114 Å². The van der Waals surface area contributed by atoms with E-state index in [1.54, 1.807) is 0 Å². The first-order chi connectivity index (χ1) is 8.38. The van der Waals surface area contributed by atoms with E-state index < -0.39 is 10.4 Å². The van der Waals surface area contributed by atoms with Gasteiger partial charge in [-0.2, -0.15) is 8.42 Å². The highest BCUT2D eigenvalue weighted by atomic mass is 32.3. The van der Waals surface area contributed by atoms with Crippen LogP contribution in [0.4, 0.5) is 0 Å².